The number of halogens is 1. The summed E-state index contributed by atoms with van der Waals surface area (Å²) in [5.74, 6) is -0.778. The van der Waals surface area contributed by atoms with Crippen LogP contribution in [0.3, 0.4) is 0 Å². The number of anilines is 2. The molecule has 0 spiro atoms. The zero-order chi connectivity index (χ0) is 18.7. The number of hydrogen-bond donors (Lipinski definition) is 2. The molecule has 3 amide bonds. The number of amides is 3. The number of hydrogen-bond acceptors (Lipinski definition) is 5. The molecule has 8 nitrogen and oxygen atoms in total. The molecular formula is C17H16BrN3O5. The summed E-state index contributed by atoms with van der Waals surface area (Å²) < 4.78 is 10.5. The number of aryl methyl sites for hydroxylation is 1. The molecule has 1 saturated heterocycles. The highest BCUT2D eigenvalue weighted by atomic mass is 79.9. The fourth-order valence-electron chi connectivity index (χ4n) is 2.42. The van der Waals surface area contributed by atoms with Gasteiger partial charge in [-0.25, -0.2) is 4.79 Å². The van der Waals surface area contributed by atoms with Gasteiger partial charge in [-0.2, -0.15) is 0 Å². The van der Waals surface area contributed by atoms with Crippen molar-refractivity contribution in [3.8, 4) is 0 Å². The lowest BCUT2D eigenvalue weighted by molar-refractivity contribution is -0.115. The van der Waals surface area contributed by atoms with Gasteiger partial charge in [0.1, 0.15) is 6.61 Å². The molecule has 0 radical (unpaired) electrons. The number of cyclic esters (lactones) is 1. The molecule has 26 heavy (non-hydrogen) atoms. The van der Waals surface area contributed by atoms with E-state index in [-0.39, 0.29) is 12.3 Å². The number of nitrogens with one attached hydrogen (secondary N) is 2. The van der Waals surface area contributed by atoms with E-state index in [2.05, 4.69) is 26.6 Å². The monoisotopic (exact) mass is 421 g/mol. The van der Waals surface area contributed by atoms with Crippen LogP contribution in [-0.4, -0.2) is 37.6 Å². The van der Waals surface area contributed by atoms with Crippen LogP contribution < -0.4 is 15.5 Å². The number of carbonyl (C=O) groups is 3. The minimum absolute atomic E-state index is 0.107. The lowest BCUT2D eigenvalue weighted by atomic mass is 10.1. The Kier molecular flexibility index (Phi) is 5.27. The number of ether oxygens (including phenoxy) is 1. The van der Waals surface area contributed by atoms with E-state index in [1.807, 2.05) is 6.92 Å². The molecule has 136 valence electrons. The quantitative estimate of drug-likeness (QED) is 0.772. The summed E-state index contributed by atoms with van der Waals surface area (Å²) >= 11 is 3.11. The van der Waals surface area contributed by atoms with Crippen LogP contribution in [0.1, 0.15) is 16.1 Å². The highest BCUT2D eigenvalue weighted by Crippen LogP contribution is 2.25. The molecule has 9 heteroatoms. The Morgan fingerprint density at radius 2 is 2.08 bits per heavy atom. The van der Waals surface area contributed by atoms with Crippen molar-refractivity contribution in [2.45, 2.75) is 6.92 Å². The molecule has 0 saturated carbocycles. The predicted octanol–water partition coefficient (Wildman–Crippen LogP) is 2.68. The third-order valence-electron chi connectivity index (χ3n) is 3.77. The highest BCUT2D eigenvalue weighted by Gasteiger charge is 2.24. The molecule has 3 rings (SSSR count). The summed E-state index contributed by atoms with van der Waals surface area (Å²) in [6.45, 7) is 2.42. The molecule has 0 bridgehead atoms. The van der Waals surface area contributed by atoms with Crippen LogP contribution in [-0.2, 0) is 9.53 Å². The smallest absolute Gasteiger partial charge is 0.414 e. The molecule has 1 aromatic carbocycles. The Morgan fingerprint density at radius 1 is 1.27 bits per heavy atom. The van der Waals surface area contributed by atoms with Crippen LogP contribution in [0.25, 0.3) is 0 Å². The molecule has 1 aromatic heterocycles. The molecule has 1 aliphatic rings. The van der Waals surface area contributed by atoms with Gasteiger partial charge >= 0.3 is 6.09 Å². The number of rotatable bonds is 5. The van der Waals surface area contributed by atoms with E-state index in [4.69, 9.17) is 9.15 Å². The number of furan rings is 1. The fourth-order valence-corrected chi connectivity index (χ4v) is 2.73. The summed E-state index contributed by atoms with van der Waals surface area (Å²) in [5.41, 5.74) is 2.02. The predicted molar refractivity (Wildman–Crippen MR) is 97.2 cm³/mol. The second-order valence-corrected chi connectivity index (χ2v) is 6.38. The van der Waals surface area contributed by atoms with Crippen LogP contribution in [0.5, 0.6) is 0 Å². The molecule has 0 atom stereocenters. The fraction of sp³-hybridized carbons (Fsp3) is 0.235. The maximum atomic E-state index is 12.1. The van der Waals surface area contributed by atoms with E-state index in [9.17, 15) is 14.4 Å². The molecule has 2 aromatic rings. The van der Waals surface area contributed by atoms with E-state index >= 15 is 0 Å². The van der Waals surface area contributed by atoms with Crippen molar-refractivity contribution in [1.29, 1.82) is 0 Å². The molecule has 0 aliphatic carbocycles. The van der Waals surface area contributed by atoms with E-state index in [0.29, 0.717) is 29.2 Å². The first-order valence-corrected chi connectivity index (χ1v) is 8.61. The van der Waals surface area contributed by atoms with E-state index < -0.39 is 17.9 Å². The summed E-state index contributed by atoms with van der Waals surface area (Å²) in [6, 6.07) is 8.38. The van der Waals surface area contributed by atoms with E-state index in [1.54, 1.807) is 24.3 Å². The summed E-state index contributed by atoms with van der Waals surface area (Å²) in [7, 11) is 0. The van der Waals surface area contributed by atoms with E-state index in [1.165, 1.54) is 11.0 Å². The molecule has 1 aliphatic heterocycles. The van der Waals surface area contributed by atoms with Gasteiger partial charge in [-0.05, 0) is 52.7 Å². The van der Waals surface area contributed by atoms with Gasteiger partial charge in [-0.1, -0.05) is 6.07 Å². The highest BCUT2D eigenvalue weighted by molar-refractivity contribution is 9.10. The van der Waals surface area contributed by atoms with Crippen LogP contribution in [0, 0.1) is 6.92 Å². The molecular weight excluding hydrogens is 406 g/mol. The summed E-state index contributed by atoms with van der Waals surface area (Å²) in [6.07, 6.45) is -0.414. The topological polar surface area (TPSA) is 101 Å². The van der Waals surface area contributed by atoms with Gasteiger partial charge in [-0.15, -0.1) is 0 Å². The Bertz CT molecular complexity index is 864. The SMILES string of the molecule is Cc1ccc(N2CCOC2=O)cc1NC(=O)CNC(=O)c1ccc(Br)o1. The number of nitrogens with zero attached hydrogens (tertiary/aromatic N) is 1. The zero-order valence-corrected chi connectivity index (χ0v) is 15.5. The van der Waals surface area contributed by atoms with Gasteiger partial charge in [0.2, 0.25) is 5.91 Å². The van der Waals surface area contributed by atoms with Gasteiger partial charge in [0, 0.05) is 11.4 Å². The Hall–Kier alpha value is -2.81. The molecule has 1 fully saturated rings. The minimum atomic E-state index is -0.490. The van der Waals surface area contributed by atoms with Crippen molar-refractivity contribution in [3.63, 3.8) is 0 Å². The van der Waals surface area contributed by atoms with Crippen LogP contribution in [0.2, 0.25) is 0 Å². The lowest BCUT2D eigenvalue weighted by Gasteiger charge is -2.16. The standard InChI is InChI=1S/C17H16BrN3O5/c1-10-2-3-11(21-6-7-25-17(21)24)8-12(10)20-15(22)9-19-16(23)13-4-5-14(18)26-13/h2-5,8H,6-7,9H2,1H3,(H,19,23)(H,20,22). The molecule has 2 heterocycles. The second kappa shape index (κ2) is 7.61. The van der Waals surface area contributed by atoms with Crippen molar-refractivity contribution in [1.82, 2.24) is 5.32 Å². The summed E-state index contributed by atoms with van der Waals surface area (Å²) in [5, 5.41) is 5.21. The van der Waals surface area contributed by atoms with Gasteiger partial charge < -0.3 is 19.8 Å². The van der Waals surface area contributed by atoms with Crippen molar-refractivity contribution >= 4 is 45.2 Å². The average molecular weight is 422 g/mol. The van der Waals surface area contributed by atoms with Crippen LogP contribution in [0.15, 0.2) is 39.4 Å². The first kappa shape index (κ1) is 18.0. The van der Waals surface area contributed by atoms with Gasteiger partial charge in [0.05, 0.1) is 13.1 Å². The second-order valence-electron chi connectivity index (χ2n) is 5.60. The number of carbonyl (C=O) groups excluding carboxylic acids is 3. The van der Waals surface area contributed by atoms with Gasteiger partial charge in [-0.3, -0.25) is 14.5 Å². The molecule has 2 N–H and O–H groups in total. The lowest BCUT2D eigenvalue weighted by Crippen LogP contribution is -2.32. The van der Waals surface area contributed by atoms with E-state index in [0.717, 1.165) is 5.56 Å². The average Bonchev–Trinajstić information content (AvgIpc) is 3.23. The van der Waals surface area contributed by atoms with Crippen LogP contribution in [0.4, 0.5) is 16.2 Å². The molecule has 0 unspecified atom stereocenters. The maximum Gasteiger partial charge on any atom is 0.414 e. The van der Waals surface area contributed by atoms with Crippen molar-refractivity contribution < 1.29 is 23.5 Å². The first-order valence-electron chi connectivity index (χ1n) is 7.82. The Morgan fingerprint density at radius 3 is 2.73 bits per heavy atom. The first-order chi connectivity index (χ1) is 12.4. The minimum Gasteiger partial charge on any atom is -0.447 e. The third-order valence-corrected chi connectivity index (χ3v) is 4.20. The summed E-state index contributed by atoms with van der Waals surface area (Å²) in [4.78, 5) is 37.2. The van der Waals surface area contributed by atoms with Crippen molar-refractivity contribution in [2.75, 3.05) is 29.9 Å². The third kappa shape index (κ3) is 4.05. The van der Waals surface area contributed by atoms with Gasteiger partial charge in [0.25, 0.3) is 5.91 Å². The van der Waals surface area contributed by atoms with Crippen molar-refractivity contribution in [3.05, 3.63) is 46.3 Å². The normalized spacial score (nSPS) is 13.5. The van der Waals surface area contributed by atoms with Crippen LogP contribution >= 0.6 is 15.9 Å². The zero-order valence-electron chi connectivity index (χ0n) is 13.9. The Labute approximate surface area is 157 Å². The largest absolute Gasteiger partial charge is 0.447 e. The van der Waals surface area contributed by atoms with Gasteiger partial charge in [0.15, 0.2) is 10.4 Å². The van der Waals surface area contributed by atoms with Crippen molar-refractivity contribution in [2.24, 2.45) is 0 Å². The number of benzene rings is 1. The Balaban J connectivity index is 1.61. The maximum absolute atomic E-state index is 12.1.